The van der Waals surface area contributed by atoms with E-state index in [1.54, 1.807) is 20.4 Å². The van der Waals surface area contributed by atoms with Crippen LogP contribution in [-0.2, 0) is 0 Å². The van der Waals surface area contributed by atoms with Gasteiger partial charge >= 0.3 is 0 Å². The monoisotopic (exact) mass is 350 g/mol. The fourth-order valence-electron chi connectivity index (χ4n) is 2.43. The third kappa shape index (κ3) is 3.04. The topological polar surface area (TPSA) is 43.4 Å². The number of pyridine rings is 1. The molecule has 0 aliphatic heterocycles. The van der Waals surface area contributed by atoms with Gasteiger partial charge in [0.2, 0.25) is 0 Å². The second-order valence-corrected chi connectivity index (χ2v) is 5.40. The molecule has 0 spiro atoms. The minimum atomic E-state index is -0.00384. The molecule has 0 saturated heterocycles. The van der Waals surface area contributed by atoms with Crippen molar-refractivity contribution >= 4 is 15.9 Å². The van der Waals surface area contributed by atoms with E-state index in [0.29, 0.717) is 0 Å². The van der Waals surface area contributed by atoms with E-state index in [0.717, 1.165) is 32.8 Å². The molecule has 1 unspecified atom stereocenters. The lowest BCUT2D eigenvalue weighted by Gasteiger charge is -2.22. The van der Waals surface area contributed by atoms with Gasteiger partial charge in [-0.05, 0) is 53.7 Å². The summed E-state index contributed by atoms with van der Waals surface area (Å²) < 4.78 is 11.7. The number of ether oxygens (including phenoxy) is 2. The molecule has 1 atom stereocenters. The number of nitrogens with zero attached hydrogens (tertiary/aromatic N) is 1. The van der Waals surface area contributed by atoms with Crippen molar-refractivity contribution in [2.75, 3.05) is 21.3 Å². The van der Waals surface area contributed by atoms with Crippen LogP contribution >= 0.6 is 15.9 Å². The Balaban J connectivity index is 2.58. The minimum absolute atomic E-state index is 0.00384. The van der Waals surface area contributed by atoms with Gasteiger partial charge in [-0.25, -0.2) is 0 Å². The van der Waals surface area contributed by atoms with Gasteiger partial charge in [0, 0.05) is 17.5 Å². The predicted octanol–water partition coefficient (Wildman–Crippen LogP) is 3.48. The molecule has 0 fully saturated rings. The van der Waals surface area contributed by atoms with Gasteiger partial charge in [0.05, 0.1) is 20.3 Å². The summed E-state index contributed by atoms with van der Waals surface area (Å²) in [5.74, 6) is 1.50. The van der Waals surface area contributed by atoms with Crippen LogP contribution in [0.15, 0.2) is 34.9 Å². The summed E-state index contributed by atoms with van der Waals surface area (Å²) in [7, 11) is 5.22. The van der Waals surface area contributed by atoms with Crippen LogP contribution in [0, 0.1) is 6.92 Å². The molecular formula is C16H19BrN2O2. The predicted molar refractivity (Wildman–Crippen MR) is 87.1 cm³/mol. The van der Waals surface area contributed by atoms with Crippen molar-refractivity contribution < 1.29 is 9.47 Å². The lowest BCUT2D eigenvalue weighted by molar-refractivity contribution is 0.383. The summed E-state index contributed by atoms with van der Waals surface area (Å²) in [4.78, 5) is 4.37. The van der Waals surface area contributed by atoms with Gasteiger partial charge in [0.15, 0.2) is 0 Å². The standard InChI is InChI=1S/C16H19BrN2O2/c1-10-11(6-5-9-19-10)15(18-2)12-7-8-13(20-3)14(17)16(12)21-4/h5-9,15,18H,1-4H3. The maximum atomic E-state index is 5.58. The van der Waals surface area contributed by atoms with Crippen LogP contribution in [0.1, 0.15) is 22.9 Å². The van der Waals surface area contributed by atoms with Crippen molar-refractivity contribution in [2.24, 2.45) is 0 Å². The molecule has 4 nitrogen and oxygen atoms in total. The summed E-state index contributed by atoms with van der Waals surface area (Å²) in [5, 5.41) is 3.33. The molecule has 2 aromatic rings. The SMILES string of the molecule is CNC(c1cccnc1C)c1ccc(OC)c(Br)c1OC. The average molecular weight is 351 g/mol. The maximum Gasteiger partial charge on any atom is 0.141 e. The number of methoxy groups -OCH3 is 2. The average Bonchev–Trinajstić information content (AvgIpc) is 2.50. The summed E-state index contributed by atoms with van der Waals surface area (Å²) >= 11 is 3.55. The van der Waals surface area contributed by atoms with Crippen LogP contribution in [0.2, 0.25) is 0 Å². The fraction of sp³-hybridized carbons (Fsp3) is 0.312. The Kier molecular flexibility index (Phi) is 5.20. The molecule has 112 valence electrons. The molecular weight excluding hydrogens is 332 g/mol. The summed E-state index contributed by atoms with van der Waals surface area (Å²) in [6.07, 6.45) is 1.80. The van der Waals surface area contributed by atoms with Crippen molar-refractivity contribution in [1.29, 1.82) is 0 Å². The number of benzene rings is 1. The number of aryl methyl sites for hydroxylation is 1. The Labute approximate surface area is 133 Å². The lowest BCUT2D eigenvalue weighted by atomic mass is 9.97. The number of hydrogen-bond donors (Lipinski definition) is 1. The number of nitrogens with one attached hydrogen (secondary N) is 1. The molecule has 1 aromatic heterocycles. The highest BCUT2D eigenvalue weighted by molar-refractivity contribution is 9.10. The van der Waals surface area contributed by atoms with E-state index in [4.69, 9.17) is 9.47 Å². The first-order chi connectivity index (χ1) is 10.1. The van der Waals surface area contributed by atoms with E-state index in [-0.39, 0.29) is 6.04 Å². The molecule has 0 bridgehead atoms. The molecule has 1 heterocycles. The van der Waals surface area contributed by atoms with E-state index in [1.807, 2.05) is 32.2 Å². The molecule has 2 rings (SSSR count). The van der Waals surface area contributed by atoms with Gasteiger partial charge in [0.1, 0.15) is 16.0 Å². The fourth-order valence-corrected chi connectivity index (χ4v) is 3.11. The molecule has 21 heavy (non-hydrogen) atoms. The molecule has 0 aliphatic carbocycles. The van der Waals surface area contributed by atoms with E-state index >= 15 is 0 Å². The molecule has 0 aliphatic rings. The molecule has 1 N–H and O–H groups in total. The molecule has 0 radical (unpaired) electrons. The van der Waals surface area contributed by atoms with Crippen molar-refractivity contribution in [2.45, 2.75) is 13.0 Å². The number of rotatable bonds is 5. The van der Waals surface area contributed by atoms with Gasteiger partial charge in [-0.2, -0.15) is 0 Å². The highest BCUT2D eigenvalue weighted by atomic mass is 79.9. The third-order valence-corrected chi connectivity index (χ3v) is 4.23. The Hall–Kier alpha value is -1.59. The Bertz CT molecular complexity index is 632. The third-order valence-electron chi connectivity index (χ3n) is 3.47. The number of aromatic nitrogens is 1. The molecule has 1 aromatic carbocycles. The van der Waals surface area contributed by atoms with Crippen LogP contribution < -0.4 is 14.8 Å². The van der Waals surface area contributed by atoms with E-state index in [2.05, 4.69) is 32.3 Å². The number of halogens is 1. The normalized spacial score (nSPS) is 12.0. The first kappa shape index (κ1) is 15.8. The summed E-state index contributed by atoms with van der Waals surface area (Å²) in [6, 6.07) is 7.95. The summed E-state index contributed by atoms with van der Waals surface area (Å²) in [5.41, 5.74) is 3.14. The van der Waals surface area contributed by atoms with E-state index in [1.165, 1.54) is 0 Å². The quantitative estimate of drug-likeness (QED) is 0.896. The molecule has 0 amide bonds. The van der Waals surface area contributed by atoms with Gasteiger partial charge in [-0.3, -0.25) is 4.98 Å². The zero-order chi connectivity index (χ0) is 15.4. The highest BCUT2D eigenvalue weighted by Gasteiger charge is 2.22. The molecule has 0 saturated carbocycles. The zero-order valence-corrected chi connectivity index (χ0v) is 14.2. The maximum absolute atomic E-state index is 5.58. The zero-order valence-electron chi connectivity index (χ0n) is 12.6. The van der Waals surface area contributed by atoms with Gasteiger partial charge in [-0.15, -0.1) is 0 Å². The van der Waals surface area contributed by atoms with Crippen molar-refractivity contribution in [1.82, 2.24) is 10.3 Å². The largest absolute Gasteiger partial charge is 0.495 e. The van der Waals surface area contributed by atoms with E-state index < -0.39 is 0 Å². The van der Waals surface area contributed by atoms with Gasteiger partial charge in [0.25, 0.3) is 0 Å². The Morgan fingerprint density at radius 1 is 1.14 bits per heavy atom. The van der Waals surface area contributed by atoms with Crippen LogP contribution in [-0.4, -0.2) is 26.3 Å². The summed E-state index contributed by atoms with van der Waals surface area (Å²) in [6.45, 7) is 2.00. The van der Waals surface area contributed by atoms with Crippen LogP contribution in [0.5, 0.6) is 11.5 Å². The Morgan fingerprint density at radius 2 is 1.90 bits per heavy atom. The van der Waals surface area contributed by atoms with Crippen molar-refractivity contribution in [3.05, 3.63) is 51.8 Å². The van der Waals surface area contributed by atoms with Crippen molar-refractivity contribution in [3.8, 4) is 11.5 Å². The highest BCUT2D eigenvalue weighted by Crippen LogP contribution is 2.41. The second-order valence-electron chi connectivity index (χ2n) is 4.60. The van der Waals surface area contributed by atoms with Crippen molar-refractivity contribution in [3.63, 3.8) is 0 Å². The van der Waals surface area contributed by atoms with Crippen LogP contribution in [0.4, 0.5) is 0 Å². The van der Waals surface area contributed by atoms with Crippen LogP contribution in [0.3, 0.4) is 0 Å². The second kappa shape index (κ2) is 6.91. The minimum Gasteiger partial charge on any atom is -0.495 e. The molecule has 5 heteroatoms. The smallest absolute Gasteiger partial charge is 0.141 e. The van der Waals surface area contributed by atoms with Gasteiger partial charge < -0.3 is 14.8 Å². The first-order valence-corrected chi connectivity index (χ1v) is 7.42. The first-order valence-electron chi connectivity index (χ1n) is 6.63. The van der Waals surface area contributed by atoms with Gasteiger partial charge in [-0.1, -0.05) is 6.07 Å². The Morgan fingerprint density at radius 3 is 2.48 bits per heavy atom. The lowest BCUT2D eigenvalue weighted by Crippen LogP contribution is -2.20. The van der Waals surface area contributed by atoms with E-state index in [9.17, 15) is 0 Å². The number of hydrogen-bond acceptors (Lipinski definition) is 4. The van der Waals surface area contributed by atoms with Crippen LogP contribution in [0.25, 0.3) is 0 Å².